The van der Waals surface area contributed by atoms with Crippen LogP contribution in [0.15, 0.2) is 0 Å². The van der Waals surface area contributed by atoms with Crippen molar-refractivity contribution in [2.24, 2.45) is 0 Å². The van der Waals surface area contributed by atoms with Gasteiger partial charge in [0, 0.05) is 12.6 Å². The van der Waals surface area contributed by atoms with Crippen molar-refractivity contribution < 1.29 is 14.7 Å². The van der Waals surface area contributed by atoms with Gasteiger partial charge >= 0.3 is 11.9 Å². The molecule has 0 aliphatic heterocycles. The summed E-state index contributed by atoms with van der Waals surface area (Å²) in [5.74, 6) is -2.36. The maximum Gasteiger partial charge on any atom is 0.394 e. The SMILES string of the molecule is CC(C)N(C)CCCNC(=O)C(=O)O. The second-order valence-electron chi connectivity index (χ2n) is 3.49. The van der Waals surface area contributed by atoms with Gasteiger partial charge in [-0.2, -0.15) is 0 Å². The van der Waals surface area contributed by atoms with Gasteiger partial charge in [0.25, 0.3) is 0 Å². The lowest BCUT2D eigenvalue weighted by Crippen LogP contribution is -2.34. The van der Waals surface area contributed by atoms with Crippen LogP contribution < -0.4 is 5.32 Å². The van der Waals surface area contributed by atoms with Crippen LogP contribution in [0, 0.1) is 0 Å². The van der Waals surface area contributed by atoms with Crippen LogP contribution >= 0.6 is 0 Å². The third-order valence-corrected chi connectivity index (χ3v) is 2.05. The molecule has 0 aromatic heterocycles. The predicted octanol–water partition coefficient (Wildman–Crippen LogP) is -0.0825. The van der Waals surface area contributed by atoms with E-state index < -0.39 is 11.9 Å². The molecule has 0 aliphatic carbocycles. The number of hydrogen-bond acceptors (Lipinski definition) is 3. The lowest BCUT2D eigenvalue weighted by Gasteiger charge is -2.20. The van der Waals surface area contributed by atoms with Crippen molar-refractivity contribution in [3.63, 3.8) is 0 Å². The zero-order valence-electron chi connectivity index (χ0n) is 8.91. The van der Waals surface area contributed by atoms with Gasteiger partial charge in [-0.1, -0.05) is 0 Å². The smallest absolute Gasteiger partial charge is 0.394 e. The van der Waals surface area contributed by atoms with E-state index in [-0.39, 0.29) is 0 Å². The van der Waals surface area contributed by atoms with E-state index in [0.717, 1.165) is 13.0 Å². The molecule has 1 amide bonds. The number of carbonyl (C=O) groups excluding carboxylic acids is 1. The van der Waals surface area contributed by atoms with E-state index in [1.165, 1.54) is 0 Å². The lowest BCUT2D eigenvalue weighted by atomic mass is 10.3. The number of hydrogen-bond donors (Lipinski definition) is 2. The number of carboxylic acids is 1. The highest BCUT2D eigenvalue weighted by Gasteiger charge is 2.09. The monoisotopic (exact) mass is 202 g/mol. The van der Waals surface area contributed by atoms with Crippen LogP contribution in [0.3, 0.4) is 0 Å². The molecule has 0 radical (unpaired) electrons. The number of aliphatic carboxylic acids is 1. The van der Waals surface area contributed by atoms with Crippen LogP contribution in [-0.2, 0) is 9.59 Å². The van der Waals surface area contributed by atoms with Crippen LogP contribution in [0.2, 0.25) is 0 Å². The molecule has 5 nitrogen and oxygen atoms in total. The van der Waals surface area contributed by atoms with Gasteiger partial charge < -0.3 is 15.3 Å². The van der Waals surface area contributed by atoms with E-state index in [0.29, 0.717) is 12.6 Å². The topological polar surface area (TPSA) is 69.6 Å². The van der Waals surface area contributed by atoms with Crippen molar-refractivity contribution in [2.75, 3.05) is 20.1 Å². The van der Waals surface area contributed by atoms with Crippen molar-refractivity contribution in [2.45, 2.75) is 26.3 Å². The first-order chi connectivity index (χ1) is 6.45. The van der Waals surface area contributed by atoms with Crippen molar-refractivity contribution in [3.8, 4) is 0 Å². The summed E-state index contributed by atoms with van der Waals surface area (Å²) in [5, 5.41) is 10.6. The third kappa shape index (κ3) is 5.53. The molecule has 2 N–H and O–H groups in total. The molecule has 0 bridgehead atoms. The van der Waals surface area contributed by atoms with Gasteiger partial charge in [-0.05, 0) is 33.9 Å². The minimum Gasteiger partial charge on any atom is -0.474 e. The number of amides is 1. The molecule has 0 fully saturated rings. The molecular formula is C9H18N2O3. The van der Waals surface area contributed by atoms with Gasteiger partial charge in [0.1, 0.15) is 0 Å². The molecule has 0 aliphatic rings. The average molecular weight is 202 g/mol. The molecule has 82 valence electrons. The predicted molar refractivity (Wildman–Crippen MR) is 53.0 cm³/mol. The second-order valence-corrected chi connectivity index (χ2v) is 3.49. The molecule has 0 rings (SSSR count). The van der Waals surface area contributed by atoms with Gasteiger partial charge in [0.05, 0.1) is 0 Å². The standard InChI is InChI=1S/C9H18N2O3/c1-7(2)11(3)6-4-5-10-8(12)9(13)14/h7H,4-6H2,1-3H3,(H,10,12)(H,13,14). The van der Waals surface area contributed by atoms with Gasteiger partial charge in [0.15, 0.2) is 0 Å². The van der Waals surface area contributed by atoms with Crippen LogP contribution in [0.25, 0.3) is 0 Å². The molecule has 0 aromatic rings. The number of nitrogens with one attached hydrogen (secondary N) is 1. The zero-order valence-corrected chi connectivity index (χ0v) is 8.91. The molecule has 0 spiro atoms. The minimum atomic E-state index is -1.43. The first kappa shape index (κ1) is 12.9. The highest BCUT2D eigenvalue weighted by atomic mass is 16.4. The number of rotatable bonds is 5. The molecule has 0 heterocycles. The summed E-state index contributed by atoms with van der Waals surface area (Å²) >= 11 is 0. The average Bonchev–Trinajstić information content (AvgIpc) is 2.11. The highest BCUT2D eigenvalue weighted by molar-refractivity contribution is 6.31. The van der Waals surface area contributed by atoms with E-state index >= 15 is 0 Å². The Hall–Kier alpha value is -1.10. The van der Waals surface area contributed by atoms with Gasteiger partial charge in [-0.15, -0.1) is 0 Å². The van der Waals surface area contributed by atoms with Crippen molar-refractivity contribution in [1.29, 1.82) is 0 Å². The van der Waals surface area contributed by atoms with Crippen molar-refractivity contribution in [3.05, 3.63) is 0 Å². The summed E-state index contributed by atoms with van der Waals surface area (Å²) in [4.78, 5) is 22.8. The Balaban J connectivity index is 3.47. The molecule has 0 unspecified atom stereocenters. The normalized spacial score (nSPS) is 10.6. The summed E-state index contributed by atoms with van der Waals surface area (Å²) in [6.07, 6.45) is 0.758. The van der Waals surface area contributed by atoms with E-state index in [1.54, 1.807) is 0 Å². The fraction of sp³-hybridized carbons (Fsp3) is 0.778. The quantitative estimate of drug-likeness (QED) is 0.483. The summed E-state index contributed by atoms with van der Waals surface area (Å²) in [7, 11) is 1.99. The summed E-state index contributed by atoms with van der Waals surface area (Å²) in [5.41, 5.74) is 0. The Bertz CT molecular complexity index is 204. The lowest BCUT2D eigenvalue weighted by molar-refractivity contribution is -0.150. The maximum absolute atomic E-state index is 10.6. The molecule has 14 heavy (non-hydrogen) atoms. The highest BCUT2D eigenvalue weighted by Crippen LogP contribution is 1.93. The van der Waals surface area contributed by atoms with E-state index in [4.69, 9.17) is 5.11 Å². The zero-order chi connectivity index (χ0) is 11.1. The van der Waals surface area contributed by atoms with Crippen LogP contribution in [0.1, 0.15) is 20.3 Å². The van der Waals surface area contributed by atoms with E-state index in [2.05, 4.69) is 24.1 Å². The molecule has 0 atom stereocenters. The molecule has 0 saturated heterocycles. The molecule has 0 saturated carbocycles. The Kier molecular flexibility index (Phi) is 5.87. The Morgan fingerprint density at radius 1 is 1.43 bits per heavy atom. The van der Waals surface area contributed by atoms with E-state index in [9.17, 15) is 9.59 Å². The second kappa shape index (κ2) is 6.37. The number of nitrogens with zero attached hydrogens (tertiary/aromatic N) is 1. The molecular weight excluding hydrogens is 184 g/mol. The fourth-order valence-electron chi connectivity index (χ4n) is 0.864. The first-order valence-corrected chi connectivity index (χ1v) is 4.66. The summed E-state index contributed by atoms with van der Waals surface area (Å²) < 4.78 is 0. The largest absolute Gasteiger partial charge is 0.474 e. The number of carbonyl (C=O) groups is 2. The molecule has 5 heteroatoms. The molecule has 0 aromatic carbocycles. The number of carboxylic acid groups (broad SMARTS) is 1. The van der Waals surface area contributed by atoms with Crippen molar-refractivity contribution in [1.82, 2.24) is 10.2 Å². The van der Waals surface area contributed by atoms with Gasteiger partial charge in [-0.25, -0.2) is 4.79 Å². The first-order valence-electron chi connectivity index (χ1n) is 4.66. The van der Waals surface area contributed by atoms with Gasteiger partial charge in [0.2, 0.25) is 0 Å². The fourth-order valence-corrected chi connectivity index (χ4v) is 0.864. The van der Waals surface area contributed by atoms with Crippen LogP contribution in [0.4, 0.5) is 0 Å². The van der Waals surface area contributed by atoms with Gasteiger partial charge in [-0.3, -0.25) is 4.79 Å². The van der Waals surface area contributed by atoms with E-state index in [1.807, 2.05) is 7.05 Å². The minimum absolute atomic E-state index is 0.405. The van der Waals surface area contributed by atoms with Crippen LogP contribution in [-0.4, -0.2) is 48.1 Å². The third-order valence-electron chi connectivity index (χ3n) is 2.05. The Morgan fingerprint density at radius 2 is 2.00 bits per heavy atom. The summed E-state index contributed by atoms with van der Waals surface area (Å²) in [6, 6.07) is 0.463. The maximum atomic E-state index is 10.6. The Labute approximate surface area is 84.1 Å². The van der Waals surface area contributed by atoms with Crippen molar-refractivity contribution >= 4 is 11.9 Å². The summed E-state index contributed by atoms with van der Waals surface area (Å²) in [6.45, 7) is 5.41. The van der Waals surface area contributed by atoms with Crippen LogP contribution in [0.5, 0.6) is 0 Å². The Morgan fingerprint density at radius 3 is 2.43 bits per heavy atom.